The molecule has 1 amide bonds. The molecule has 0 saturated carbocycles. The molecule has 2 heterocycles. The summed E-state index contributed by atoms with van der Waals surface area (Å²) in [5.41, 5.74) is 2.25. The summed E-state index contributed by atoms with van der Waals surface area (Å²) < 4.78 is 2.06. The summed E-state index contributed by atoms with van der Waals surface area (Å²) in [5, 5.41) is 13.8. The molecule has 1 saturated heterocycles. The van der Waals surface area contributed by atoms with E-state index in [9.17, 15) is 9.90 Å². The lowest BCUT2D eigenvalue weighted by atomic mass is 9.96. The number of carbonyl (C=O) groups excluding carboxylic acids is 1. The average molecular weight is 265 g/mol. The summed E-state index contributed by atoms with van der Waals surface area (Å²) in [6.07, 6.45) is 1.08. The maximum absolute atomic E-state index is 11.7. The number of likely N-dealkylation sites (tertiary alicyclic amines) is 1. The predicted octanol–water partition coefficient (Wildman–Crippen LogP) is 1.12. The number of hydrogen-bond acceptors (Lipinski definition) is 3. The topological polar surface area (TPSA) is 58.4 Å². The first-order valence-corrected chi connectivity index (χ1v) is 6.95. The van der Waals surface area contributed by atoms with Crippen LogP contribution in [-0.4, -0.2) is 44.9 Å². The van der Waals surface area contributed by atoms with E-state index in [1.54, 1.807) is 4.90 Å². The Balaban J connectivity index is 1.87. The minimum atomic E-state index is -0.882. The van der Waals surface area contributed by atoms with Crippen molar-refractivity contribution in [2.24, 2.45) is 5.92 Å². The summed E-state index contributed by atoms with van der Waals surface area (Å²) >= 11 is 0. The van der Waals surface area contributed by atoms with Crippen molar-refractivity contribution in [1.82, 2.24) is 14.7 Å². The predicted molar refractivity (Wildman–Crippen MR) is 72.7 cm³/mol. The second-order valence-electron chi connectivity index (χ2n) is 5.55. The minimum Gasteiger partial charge on any atom is -0.384 e. The average Bonchev–Trinajstić information content (AvgIpc) is 2.68. The van der Waals surface area contributed by atoms with Gasteiger partial charge < -0.3 is 10.0 Å². The Morgan fingerprint density at radius 2 is 2.11 bits per heavy atom. The zero-order valence-electron chi connectivity index (χ0n) is 12.0. The SMILES string of the molecule is Cc1cc(C)n(CC2CCN(C(=O)C(C)O)CC2)n1. The minimum absolute atomic E-state index is 0.149. The fourth-order valence-electron chi connectivity index (χ4n) is 2.70. The van der Waals surface area contributed by atoms with E-state index in [1.165, 1.54) is 12.6 Å². The molecule has 0 spiro atoms. The number of amides is 1. The van der Waals surface area contributed by atoms with Crippen LogP contribution in [0.3, 0.4) is 0 Å². The van der Waals surface area contributed by atoms with Gasteiger partial charge >= 0.3 is 0 Å². The van der Waals surface area contributed by atoms with Gasteiger partial charge in [0.05, 0.1) is 5.69 Å². The third-order valence-electron chi connectivity index (χ3n) is 3.82. The van der Waals surface area contributed by atoms with Gasteiger partial charge in [0, 0.05) is 25.3 Å². The number of rotatable bonds is 3. The second-order valence-corrected chi connectivity index (χ2v) is 5.55. The van der Waals surface area contributed by atoms with Crippen molar-refractivity contribution in [1.29, 1.82) is 0 Å². The number of aliphatic hydroxyl groups excluding tert-OH is 1. The molecule has 0 aliphatic carbocycles. The third-order valence-corrected chi connectivity index (χ3v) is 3.82. The molecular formula is C14H23N3O2. The van der Waals surface area contributed by atoms with Crippen molar-refractivity contribution in [2.75, 3.05) is 13.1 Å². The van der Waals surface area contributed by atoms with Crippen molar-refractivity contribution in [3.63, 3.8) is 0 Å². The lowest BCUT2D eigenvalue weighted by Gasteiger charge is -2.32. The molecule has 0 radical (unpaired) electrons. The lowest BCUT2D eigenvalue weighted by Crippen LogP contribution is -2.43. The lowest BCUT2D eigenvalue weighted by molar-refractivity contribution is -0.140. The van der Waals surface area contributed by atoms with E-state index >= 15 is 0 Å². The van der Waals surface area contributed by atoms with Crippen molar-refractivity contribution in [3.05, 3.63) is 17.5 Å². The Hall–Kier alpha value is -1.36. The summed E-state index contributed by atoms with van der Waals surface area (Å²) in [7, 11) is 0. The van der Waals surface area contributed by atoms with E-state index in [4.69, 9.17) is 0 Å². The van der Waals surface area contributed by atoms with Crippen molar-refractivity contribution in [3.8, 4) is 0 Å². The van der Waals surface area contributed by atoms with Crippen LogP contribution < -0.4 is 0 Å². The molecule has 0 bridgehead atoms. The van der Waals surface area contributed by atoms with Gasteiger partial charge in [-0.2, -0.15) is 5.10 Å². The van der Waals surface area contributed by atoms with Crippen LogP contribution in [0.1, 0.15) is 31.2 Å². The molecule has 0 aromatic carbocycles. The highest BCUT2D eigenvalue weighted by Crippen LogP contribution is 2.20. The number of nitrogens with zero attached hydrogens (tertiary/aromatic N) is 3. The highest BCUT2D eigenvalue weighted by Gasteiger charge is 2.25. The molecule has 1 aromatic heterocycles. The molecule has 1 unspecified atom stereocenters. The van der Waals surface area contributed by atoms with Gasteiger partial charge in [-0.1, -0.05) is 0 Å². The first-order valence-electron chi connectivity index (χ1n) is 6.95. The van der Waals surface area contributed by atoms with Gasteiger partial charge in [-0.3, -0.25) is 9.48 Å². The second kappa shape index (κ2) is 5.74. The third kappa shape index (κ3) is 3.35. The van der Waals surface area contributed by atoms with Crippen LogP contribution in [0.5, 0.6) is 0 Å². The van der Waals surface area contributed by atoms with Crippen molar-refractivity contribution >= 4 is 5.91 Å². The normalized spacial score (nSPS) is 18.6. The van der Waals surface area contributed by atoms with Crippen molar-refractivity contribution in [2.45, 2.75) is 46.3 Å². The van der Waals surface area contributed by atoms with Crippen LogP contribution in [0, 0.1) is 19.8 Å². The van der Waals surface area contributed by atoms with E-state index in [0.717, 1.165) is 38.2 Å². The van der Waals surface area contributed by atoms with Gasteiger partial charge in [0.25, 0.3) is 5.91 Å². The molecule has 1 fully saturated rings. The zero-order chi connectivity index (χ0) is 14.0. The number of aliphatic hydroxyl groups is 1. The molecule has 106 valence electrons. The quantitative estimate of drug-likeness (QED) is 0.891. The highest BCUT2D eigenvalue weighted by molar-refractivity contribution is 5.80. The largest absolute Gasteiger partial charge is 0.384 e. The molecule has 19 heavy (non-hydrogen) atoms. The monoisotopic (exact) mass is 265 g/mol. The Morgan fingerprint density at radius 3 is 2.58 bits per heavy atom. The molecule has 5 nitrogen and oxygen atoms in total. The molecular weight excluding hydrogens is 242 g/mol. The number of aromatic nitrogens is 2. The Labute approximate surface area is 114 Å². The molecule has 1 N–H and O–H groups in total. The fraction of sp³-hybridized carbons (Fsp3) is 0.714. The van der Waals surface area contributed by atoms with E-state index in [1.807, 2.05) is 6.92 Å². The van der Waals surface area contributed by atoms with Crippen molar-refractivity contribution < 1.29 is 9.90 Å². The first kappa shape index (κ1) is 14.1. The number of carbonyl (C=O) groups is 1. The van der Waals surface area contributed by atoms with E-state index in [-0.39, 0.29) is 5.91 Å². The maximum Gasteiger partial charge on any atom is 0.251 e. The Bertz CT molecular complexity index is 446. The van der Waals surface area contributed by atoms with Gasteiger partial charge in [-0.15, -0.1) is 0 Å². The molecule has 2 rings (SSSR count). The molecule has 1 atom stereocenters. The summed E-state index contributed by atoms with van der Waals surface area (Å²) in [6, 6.07) is 2.09. The number of hydrogen-bond donors (Lipinski definition) is 1. The molecule has 1 aromatic rings. The summed E-state index contributed by atoms with van der Waals surface area (Å²) in [5.74, 6) is 0.417. The van der Waals surface area contributed by atoms with Gasteiger partial charge in [0.15, 0.2) is 0 Å². The number of aryl methyl sites for hydroxylation is 2. The van der Waals surface area contributed by atoms with Crippen LogP contribution in [0.2, 0.25) is 0 Å². The summed E-state index contributed by atoms with van der Waals surface area (Å²) in [4.78, 5) is 13.4. The van der Waals surface area contributed by atoms with Gasteiger partial charge in [-0.25, -0.2) is 0 Å². The van der Waals surface area contributed by atoms with Crippen LogP contribution in [0.15, 0.2) is 6.07 Å². The smallest absolute Gasteiger partial charge is 0.251 e. The van der Waals surface area contributed by atoms with E-state index in [2.05, 4.69) is 22.8 Å². The van der Waals surface area contributed by atoms with Crippen LogP contribution in [0.4, 0.5) is 0 Å². The van der Waals surface area contributed by atoms with Gasteiger partial charge in [0.2, 0.25) is 0 Å². The van der Waals surface area contributed by atoms with E-state index < -0.39 is 6.10 Å². The molecule has 1 aliphatic rings. The van der Waals surface area contributed by atoms with Crippen LogP contribution >= 0.6 is 0 Å². The summed E-state index contributed by atoms with van der Waals surface area (Å²) in [6.45, 7) is 8.03. The molecule has 5 heteroatoms. The van der Waals surface area contributed by atoms with Crippen LogP contribution in [0.25, 0.3) is 0 Å². The van der Waals surface area contributed by atoms with Gasteiger partial charge in [-0.05, 0) is 45.6 Å². The Morgan fingerprint density at radius 1 is 1.47 bits per heavy atom. The first-order chi connectivity index (χ1) is 8.97. The van der Waals surface area contributed by atoms with Crippen LogP contribution in [-0.2, 0) is 11.3 Å². The highest BCUT2D eigenvalue weighted by atomic mass is 16.3. The van der Waals surface area contributed by atoms with E-state index in [0.29, 0.717) is 5.92 Å². The number of piperidine rings is 1. The Kier molecular flexibility index (Phi) is 4.24. The zero-order valence-corrected chi connectivity index (χ0v) is 12.0. The standard InChI is InChI=1S/C14H23N3O2/c1-10-8-11(2)17(15-10)9-13-4-6-16(7-5-13)14(19)12(3)18/h8,12-13,18H,4-7,9H2,1-3H3. The molecule has 1 aliphatic heterocycles. The fourth-order valence-corrected chi connectivity index (χ4v) is 2.70. The maximum atomic E-state index is 11.7. The van der Waals surface area contributed by atoms with Gasteiger partial charge in [0.1, 0.15) is 6.10 Å².